The van der Waals surface area contributed by atoms with Gasteiger partial charge in [0.1, 0.15) is 0 Å². The van der Waals surface area contributed by atoms with Gasteiger partial charge < -0.3 is 5.32 Å². The molecule has 1 amide bonds. The van der Waals surface area contributed by atoms with Gasteiger partial charge in [-0.25, -0.2) is 13.4 Å². The third-order valence-electron chi connectivity index (χ3n) is 8.43. The van der Waals surface area contributed by atoms with Crippen LogP contribution in [0.1, 0.15) is 41.3 Å². The van der Waals surface area contributed by atoms with Crippen LogP contribution in [0, 0.1) is 5.92 Å². The van der Waals surface area contributed by atoms with Gasteiger partial charge in [0.05, 0.1) is 11.5 Å². The molecule has 0 unspecified atom stereocenters. The van der Waals surface area contributed by atoms with Crippen molar-refractivity contribution in [3.63, 3.8) is 0 Å². The maximum absolute atomic E-state index is 13.0. The topological polar surface area (TPSA) is 111 Å². The smallest absolute Gasteiger partial charge is 0.255 e. The van der Waals surface area contributed by atoms with Crippen LogP contribution in [0.3, 0.4) is 0 Å². The molecule has 4 aromatic rings. The molecule has 3 heterocycles. The Kier molecular flexibility index (Phi) is 8.69. The van der Waals surface area contributed by atoms with E-state index in [4.69, 9.17) is 4.98 Å². The molecule has 0 radical (unpaired) electrons. The van der Waals surface area contributed by atoms with Gasteiger partial charge in [-0.15, -0.1) is 0 Å². The number of carbonyl (C=O) groups is 1. The number of anilines is 1. The number of likely N-dealkylation sites (tertiary alicyclic amines) is 1. The Morgan fingerprint density at radius 1 is 0.860 bits per heavy atom. The summed E-state index contributed by atoms with van der Waals surface area (Å²) in [6.45, 7) is 7.30. The van der Waals surface area contributed by atoms with Crippen LogP contribution < -0.4 is 5.32 Å². The number of H-pyrrole nitrogens is 1. The highest BCUT2D eigenvalue weighted by atomic mass is 32.2. The molecule has 224 valence electrons. The fourth-order valence-electron chi connectivity index (χ4n) is 5.65. The number of nitrogens with zero attached hydrogens (tertiary/aromatic N) is 4. The minimum Gasteiger partial charge on any atom is -0.322 e. The summed E-state index contributed by atoms with van der Waals surface area (Å²) in [5.74, 6) is 2.32. The zero-order valence-electron chi connectivity index (χ0n) is 24.5. The predicted molar refractivity (Wildman–Crippen MR) is 169 cm³/mol. The van der Waals surface area contributed by atoms with Crippen molar-refractivity contribution in [2.75, 3.05) is 43.0 Å². The Balaban J connectivity index is 1.04. The highest BCUT2D eigenvalue weighted by Gasteiger charge is 2.22. The molecule has 43 heavy (non-hydrogen) atoms. The molecule has 9 nitrogen and oxygen atoms in total. The molecule has 0 saturated carbocycles. The van der Waals surface area contributed by atoms with Crippen molar-refractivity contribution in [2.24, 2.45) is 5.92 Å². The fourth-order valence-corrected chi connectivity index (χ4v) is 6.93. The van der Waals surface area contributed by atoms with Gasteiger partial charge in [-0.05, 0) is 79.4 Å². The molecule has 2 N–H and O–H groups in total. The Morgan fingerprint density at radius 2 is 1.51 bits per heavy atom. The van der Waals surface area contributed by atoms with E-state index in [1.54, 1.807) is 6.07 Å². The SMILES string of the molecule is CC1CCN(Cc2ccc(-c3nc(-c4ccc(NC(=O)c5cccc(CN6CCS(=O)(=O)CC6)c5)cc4)n[nH]3)cc2)CC1. The van der Waals surface area contributed by atoms with Crippen molar-refractivity contribution in [1.82, 2.24) is 25.0 Å². The quantitative estimate of drug-likeness (QED) is 0.298. The van der Waals surface area contributed by atoms with Crippen LogP contribution in [-0.4, -0.2) is 77.0 Å². The number of hydrogen-bond acceptors (Lipinski definition) is 7. The molecule has 0 aliphatic carbocycles. The largest absolute Gasteiger partial charge is 0.322 e. The second-order valence-corrected chi connectivity index (χ2v) is 14.1. The summed E-state index contributed by atoms with van der Waals surface area (Å²) in [6, 6.07) is 23.5. The predicted octanol–water partition coefficient (Wildman–Crippen LogP) is 4.85. The number of aromatic amines is 1. The summed E-state index contributed by atoms with van der Waals surface area (Å²) in [5.41, 5.74) is 5.36. The molecule has 1 aromatic heterocycles. The lowest BCUT2D eigenvalue weighted by Gasteiger charge is -2.30. The van der Waals surface area contributed by atoms with Crippen LogP contribution in [0.25, 0.3) is 22.8 Å². The van der Waals surface area contributed by atoms with Crippen LogP contribution in [-0.2, 0) is 22.9 Å². The summed E-state index contributed by atoms with van der Waals surface area (Å²) in [5, 5.41) is 10.4. The van der Waals surface area contributed by atoms with E-state index >= 15 is 0 Å². The van der Waals surface area contributed by atoms with E-state index in [-0.39, 0.29) is 17.4 Å². The van der Waals surface area contributed by atoms with E-state index in [0.717, 1.165) is 35.0 Å². The van der Waals surface area contributed by atoms with E-state index in [1.807, 2.05) is 42.5 Å². The highest BCUT2D eigenvalue weighted by molar-refractivity contribution is 7.91. The number of benzene rings is 3. The van der Waals surface area contributed by atoms with Gasteiger partial charge in [-0.2, -0.15) is 5.10 Å². The monoisotopic (exact) mass is 598 g/mol. The van der Waals surface area contributed by atoms with Crippen molar-refractivity contribution in [2.45, 2.75) is 32.9 Å². The van der Waals surface area contributed by atoms with Crippen LogP contribution in [0.15, 0.2) is 72.8 Å². The first-order chi connectivity index (χ1) is 20.8. The molecule has 2 saturated heterocycles. The number of aromatic nitrogens is 3. The van der Waals surface area contributed by atoms with Crippen LogP contribution in [0.4, 0.5) is 5.69 Å². The third kappa shape index (κ3) is 7.57. The number of piperidine rings is 1. The Hall–Kier alpha value is -3.86. The molecule has 2 aliphatic rings. The molecule has 0 spiro atoms. The standard InChI is InChI=1S/C33H38N6O3S/c1-24-13-15-38(16-14-24)22-25-5-7-27(8-6-25)31-35-32(37-36-31)28-9-11-30(12-10-28)34-33(40)29-4-2-3-26(21-29)23-39-17-19-43(41,42)20-18-39/h2-12,21,24H,13-20,22-23H2,1H3,(H,34,40)(H,35,36,37). The molecule has 0 atom stereocenters. The van der Waals surface area contributed by atoms with E-state index in [0.29, 0.717) is 36.7 Å². The van der Waals surface area contributed by atoms with E-state index < -0.39 is 9.84 Å². The second-order valence-electron chi connectivity index (χ2n) is 11.8. The van der Waals surface area contributed by atoms with Crippen molar-refractivity contribution < 1.29 is 13.2 Å². The minimum absolute atomic E-state index is 0.184. The summed E-state index contributed by atoms with van der Waals surface area (Å²) >= 11 is 0. The van der Waals surface area contributed by atoms with Crippen molar-refractivity contribution >= 4 is 21.4 Å². The molecular formula is C33H38N6O3S. The highest BCUT2D eigenvalue weighted by Crippen LogP contribution is 2.24. The van der Waals surface area contributed by atoms with Gasteiger partial charge in [0, 0.05) is 48.6 Å². The molecule has 3 aromatic carbocycles. The van der Waals surface area contributed by atoms with Crippen molar-refractivity contribution in [1.29, 1.82) is 0 Å². The van der Waals surface area contributed by atoms with Gasteiger partial charge >= 0.3 is 0 Å². The first-order valence-electron chi connectivity index (χ1n) is 15.0. The molecule has 6 rings (SSSR count). The molecule has 2 fully saturated rings. The summed E-state index contributed by atoms with van der Waals surface area (Å²) < 4.78 is 23.4. The lowest BCUT2D eigenvalue weighted by Crippen LogP contribution is -2.39. The second kappa shape index (κ2) is 12.8. The number of carbonyl (C=O) groups excluding carboxylic acids is 1. The number of rotatable bonds is 8. The first-order valence-corrected chi connectivity index (χ1v) is 16.8. The molecular weight excluding hydrogens is 560 g/mol. The first kappa shape index (κ1) is 29.2. The maximum atomic E-state index is 13.0. The summed E-state index contributed by atoms with van der Waals surface area (Å²) in [7, 11) is -2.92. The summed E-state index contributed by atoms with van der Waals surface area (Å²) in [4.78, 5) is 22.3. The fraction of sp³-hybridized carbons (Fsp3) is 0.364. The van der Waals surface area contributed by atoms with Crippen LogP contribution in [0.2, 0.25) is 0 Å². The zero-order chi connectivity index (χ0) is 29.8. The average Bonchev–Trinajstić information content (AvgIpc) is 3.51. The zero-order valence-corrected chi connectivity index (χ0v) is 25.3. The number of nitrogens with one attached hydrogen (secondary N) is 2. The van der Waals surface area contributed by atoms with Gasteiger partial charge in [-0.3, -0.25) is 19.7 Å². The summed E-state index contributed by atoms with van der Waals surface area (Å²) in [6.07, 6.45) is 2.55. The van der Waals surface area contributed by atoms with Gasteiger partial charge in [0.15, 0.2) is 21.5 Å². The lowest BCUT2D eigenvalue weighted by molar-refractivity contribution is 0.102. The normalized spacial score (nSPS) is 18.0. The van der Waals surface area contributed by atoms with Crippen LogP contribution in [0.5, 0.6) is 0 Å². The Labute approximate surface area is 253 Å². The number of amides is 1. The Morgan fingerprint density at radius 3 is 2.23 bits per heavy atom. The minimum atomic E-state index is -2.92. The molecule has 2 aliphatic heterocycles. The van der Waals surface area contributed by atoms with Crippen LogP contribution >= 0.6 is 0 Å². The lowest BCUT2D eigenvalue weighted by atomic mass is 9.99. The average molecular weight is 599 g/mol. The molecule has 10 heteroatoms. The Bertz CT molecular complexity index is 1650. The van der Waals surface area contributed by atoms with E-state index in [1.165, 1.54) is 31.5 Å². The van der Waals surface area contributed by atoms with E-state index in [9.17, 15) is 13.2 Å². The van der Waals surface area contributed by atoms with Gasteiger partial charge in [0.25, 0.3) is 5.91 Å². The van der Waals surface area contributed by atoms with Gasteiger partial charge in [-0.1, -0.05) is 43.3 Å². The van der Waals surface area contributed by atoms with Gasteiger partial charge in [0.2, 0.25) is 0 Å². The maximum Gasteiger partial charge on any atom is 0.255 e. The van der Waals surface area contributed by atoms with Crippen molar-refractivity contribution in [3.8, 4) is 22.8 Å². The van der Waals surface area contributed by atoms with Crippen molar-refractivity contribution in [3.05, 3.63) is 89.5 Å². The molecule has 0 bridgehead atoms. The van der Waals surface area contributed by atoms with E-state index in [2.05, 4.69) is 56.5 Å². The number of hydrogen-bond donors (Lipinski definition) is 2. The third-order valence-corrected chi connectivity index (χ3v) is 10.0. The number of sulfone groups is 1.